The van der Waals surface area contributed by atoms with Gasteiger partial charge in [-0.15, -0.1) is 0 Å². The molecule has 1 amide bonds. The molecule has 1 aromatic rings. The Morgan fingerprint density at radius 3 is 2.51 bits per heavy atom. The summed E-state index contributed by atoms with van der Waals surface area (Å²) in [7, 11) is 1.37. The number of carbonyl (C=O) groups excluding carboxylic acids is 3. The van der Waals surface area contributed by atoms with Crippen LogP contribution < -0.4 is 14.8 Å². The van der Waals surface area contributed by atoms with E-state index in [1.54, 1.807) is 0 Å². The number of Topliss-reactive ketones (excluding diaryl/α,β-unsaturated/α-hetero) is 2. The number of aliphatic hydroxyl groups is 1. The van der Waals surface area contributed by atoms with E-state index < -0.39 is 28.6 Å². The number of allylic oxidation sites excluding steroid dienone is 6. The molecule has 8 nitrogen and oxygen atoms in total. The molecule has 0 saturated carbocycles. The number of rotatable bonds is 8. The first-order valence-corrected chi connectivity index (χ1v) is 13.3. The molecule has 3 aliphatic rings. The van der Waals surface area contributed by atoms with Crippen LogP contribution in [0.1, 0.15) is 76.7 Å². The smallest absolute Gasteiger partial charge is 0.258 e. The van der Waals surface area contributed by atoms with Gasteiger partial charge in [0.2, 0.25) is 0 Å². The quantitative estimate of drug-likeness (QED) is 0.383. The van der Waals surface area contributed by atoms with Gasteiger partial charge in [0.15, 0.2) is 17.3 Å². The molecule has 0 saturated heterocycles. The summed E-state index contributed by atoms with van der Waals surface area (Å²) in [6.45, 7) is 11.6. The first-order valence-electron chi connectivity index (χ1n) is 13.3. The fourth-order valence-corrected chi connectivity index (χ4v) is 6.04. The zero-order chi connectivity index (χ0) is 28.9. The molecule has 1 heterocycles. The Hall–Kier alpha value is -3.81. The van der Waals surface area contributed by atoms with E-state index >= 15 is 0 Å². The maximum Gasteiger partial charge on any atom is 0.258 e. The minimum atomic E-state index is -1.60. The van der Waals surface area contributed by atoms with E-state index in [-0.39, 0.29) is 51.0 Å². The molecule has 0 radical (unpaired) electrons. The Bertz CT molecular complexity index is 1400. The Labute approximate surface area is 229 Å². The summed E-state index contributed by atoms with van der Waals surface area (Å²) in [4.78, 5) is 39.4. The maximum absolute atomic E-state index is 13.8. The molecular weight excluding hydrogens is 498 g/mol. The first-order chi connectivity index (χ1) is 18.3. The van der Waals surface area contributed by atoms with Crippen molar-refractivity contribution in [2.75, 3.05) is 13.7 Å². The Morgan fingerprint density at radius 2 is 1.90 bits per heavy atom. The number of carbonyl (C=O) groups is 3. The van der Waals surface area contributed by atoms with Crippen molar-refractivity contribution in [3.63, 3.8) is 0 Å². The zero-order valence-electron chi connectivity index (χ0n) is 23.7. The highest BCUT2D eigenvalue weighted by molar-refractivity contribution is 6.25. The van der Waals surface area contributed by atoms with Crippen molar-refractivity contribution < 1.29 is 34.1 Å². The first kappa shape index (κ1) is 28.2. The van der Waals surface area contributed by atoms with Gasteiger partial charge in [-0.2, -0.15) is 0 Å². The van der Waals surface area contributed by atoms with Crippen LogP contribution in [0.5, 0.6) is 17.2 Å². The van der Waals surface area contributed by atoms with E-state index in [9.17, 15) is 24.6 Å². The van der Waals surface area contributed by atoms with Gasteiger partial charge in [0.05, 0.1) is 12.7 Å². The van der Waals surface area contributed by atoms with Crippen molar-refractivity contribution in [1.82, 2.24) is 5.32 Å². The minimum Gasteiger partial charge on any atom is -0.507 e. The van der Waals surface area contributed by atoms with E-state index in [4.69, 9.17) is 9.47 Å². The van der Waals surface area contributed by atoms with E-state index in [0.717, 1.165) is 19.3 Å². The maximum atomic E-state index is 13.8. The molecule has 8 heteroatoms. The monoisotopic (exact) mass is 535 g/mol. The number of phenols is 1. The van der Waals surface area contributed by atoms with Gasteiger partial charge in [0, 0.05) is 24.6 Å². The number of amides is 1. The number of nitrogens with one attached hydrogen (secondary N) is 1. The van der Waals surface area contributed by atoms with Crippen molar-refractivity contribution in [2.24, 2.45) is 11.3 Å². The number of phenolic OH excluding ortho intramolecular Hbond substituents is 1. The minimum absolute atomic E-state index is 0.0153. The third-order valence-electron chi connectivity index (χ3n) is 8.62. The van der Waals surface area contributed by atoms with Crippen LogP contribution in [0.25, 0.3) is 0 Å². The fourth-order valence-electron chi connectivity index (χ4n) is 6.04. The lowest BCUT2D eigenvalue weighted by Gasteiger charge is -2.40. The van der Waals surface area contributed by atoms with Crippen LogP contribution in [-0.4, -0.2) is 41.3 Å². The van der Waals surface area contributed by atoms with E-state index in [2.05, 4.69) is 45.2 Å². The molecule has 0 fully saturated rings. The Kier molecular flexibility index (Phi) is 7.27. The number of ketones is 2. The second-order valence-corrected chi connectivity index (χ2v) is 11.1. The number of benzene rings is 1. The highest BCUT2D eigenvalue weighted by Gasteiger charge is 2.55. The largest absolute Gasteiger partial charge is 0.507 e. The topological polar surface area (TPSA) is 122 Å². The van der Waals surface area contributed by atoms with Crippen molar-refractivity contribution in [2.45, 2.75) is 66.2 Å². The zero-order valence-corrected chi connectivity index (χ0v) is 23.7. The second-order valence-electron chi connectivity index (χ2n) is 11.1. The lowest BCUT2D eigenvalue weighted by Crippen LogP contribution is -2.39. The summed E-state index contributed by atoms with van der Waals surface area (Å²) < 4.78 is 11.4. The van der Waals surface area contributed by atoms with Crippen LogP contribution >= 0.6 is 0 Å². The molecule has 0 bridgehead atoms. The fraction of sp³-hybridized carbons (Fsp3) is 0.452. The van der Waals surface area contributed by atoms with Gasteiger partial charge >= 0.3 is 0 Å². The van der Waals surface area contributed by atoms with Gasteiger partial charge in [0.1, 0.15) is 39.6 Å². The number of methoxy groups -OCH3 is 1. The van der Waals surface area contributed by atoms with Crippen LogP contribution in [-0.2, 0) is 15.0 Å². The van der Waals surface area contributed by atoms with Crippen molar-refractivity contribution in [3.8, 4) is 17.2 Å². The molecule has 4 rings (SSSR count). The van der Waals surface area contributed by atoms with Gasteiger partial charge < -0.3 is 25.0 Å². The summed E-state index contributed by atoms with van der Waals surface area (Å²) >= 11 is 0. The van der Waals surface area contributed by atoms with Gasteiger partial charge in [-0.25, -0.2) is 0 Å². The summed E-state index contributed by atoms with van der Waals surface area (Å²) in [6.07, 6.45) is 8.70. The molecule has 3 atom stereocenters. The van der Waals surface area contributed by atoms with Crippen LogP contribution in [0.4, 0.5) is 0 Å². The SMILES string of the molecule is CCCCC1(C)C=CC(C)=C(C)C1CNC(=O)c1c(OC)cc(O)c2c1OC1=CC(O)=C(C(C)=O)C(=O)[C@]12C. The predicted octanol–water partition coefficient (Wildman–Crippen LogP) is 5.37. The standard InChI is InChI=1S/C31H37NO7/c1-8-9-11-30(5)12-10-16(2)17(3)19(30)15-32-29(37)25-22(38-7)13-21(35)26-27(25)39-23-14-20(34)24(18(4)33)28(36)31(23,26)6/h10,12-14,19,34-35H,8-9,11,15H2,1-7H3,(H,32,37)/t19?,30?,31-/m1/s1. The number of unbranched alkanes of at least 4 members (excludes halogenated alkanes) is 1. The predicted molar refractivity (Wildman–Crippen MR) is 147 cm³/mol. The summed E-state index contributed by atoms with van der Waals surface area (Å²) in [6, 6.07) is 1.27. The van der Waals surface area contributed by atoms with Crippen molar-refractivity contribution in [3.05, 3.63) is 63.7 Å². The van der Waals surface area contributed by atoms with Crippen molar-refractivity contribution >= 4 is 17.5 Å². The molecule has 2 aliphatic carbocycles. The van der Waals surface area contributed by atoms with E-state index in [0.29, 0.717) is 6.54 Å². The van der Waals surface area contributed by atoms with Gasteiger partial charge in [-0.3, -0.25) is 14.4 Å². The van der Waals surface area contributed by atoms with E-state index in [1.807, 2.05) is 0 Å². The molecule has 208 valence electrons. The lowest BCUT2D eigenvalue weighted by atomic mass is 9.66. The number of hydrogen-bond donors (Lipinski definition) is 3. The number of ether oxygens (including phenoxy) is 2. The average Bonchev–Trinajstić information content (AvgIpc) is 3.18. The molecule has 3 N–H and O–H groups in total. The number of fused-ring (bicyclic) bond motifs is 3. The highest BCUT2D eigenvalue weighted by atomic mass is 16.5. The number of aliphatic hydroxyl groups excluding tert-OH is 1. The van der Waals surface area contributed by atoms with Gasteiger partial charge in [-0.05, 0) is 39.5 Å². The molecule has 39 heavy (non-hydrogen) atoms. The summed E-state index contributed by atoms with van der Waals surface area (Å²) in [5.41, 5.74) is 0.352. The lowest BCUT2D eigenvalue weighted by molar-refractivity contribution is -0.123. The third kappa shape index (κ3) is 4.36. The highest BCUT2D eigenvalue weighted by Crippen LogP contribution is 2.56. The Morgan fingerprint density at radius 1 is 1.21 bits per heavy atom. The van der Waals surface area contributed by atoms with Gasteiger partial charge in [0.25, 0.3) is 5.91 Å². The average molecular weight is 536 g/mol. The van der Waals surface area contributed by atoms with Gasteiger partial charge in [-0.1, -0.05) is 50.0 Å². The van der Waals surface area contributed by atoms with E-state index in [1.165, 1.54) is 44.2 Å². The van der Waals surface area contributed by atoms with Crippen molar-refractivity contribution in [1.29, 1.82) is 0 Å². The summed E-state index contributed by atoms with van der Waals surface area (Å²) in [5, 5.41) is 24.4. The summed E-state index contributed by atoms with van der Waals surface area (Å²) in [5.74, 6) is -2.53. The van der Waals surface area contributed by atoms with Crippen LogP contribution in [0.3, 0.4) is 0 Å². The van der Waals surface area contributed by atoms with Crippen LogP contribution in [0.15, 0.2) is 52.5 Å². The number of hydrogen-bond acceptors (Lipinski definition) is 7. The molecular formula is C31H37NO7. The number of aromatic hydroxyl groups is 1. The second kappa shape index (κ2) is 10.1. The molecule has 1 aliphatic heterocycles. The molecule has 1 aromatic carbocycles. The molecule has 0 aromatic heterocycles. The third-order valence-corrected chi connectivity index (χ3v) is 8.62. The molecule has 2 unspecified atom stereocenters. The molecule has 0 spiro atoms. The Balaban J connectivity index is 1.74. The normalized spacial score (nSPS) is 25.7. The van der Waals surface area contributed by atoms with Crippen LogP contribution in [0.2, 0.25) is 0 Å². The van der Waals surface area contributed by atoms with Crippen LogP contribution in [0, 0.1) is 11.3 Å².